The fraction of sp³-hybridized carbons (Fsp3) is 0.833. The molecule has 186 valence electrons. The smallest absolute Gasteiger partial charge is 0.275 e. The zero-order chi connectivity index (χ0) is 23.0. The topological polar surface area (TPSA) is 85.5 Å². The lowest BCUT2D eigenvalue weighted by Crippen LogP contribution is -2.52. The van der Waals surface area contributed by atoms with Crippen LogP contribution in [0.15, 0.2) is 10.7 Å². The molecule has 2 saturated heterocycles. The second-order valence-corrected chi connectivity index (χ2v) is 9.64. The number of ether oxygens (including phenoxy) is 1. The normalized spacial score (nSPS) is 23.2. The van der Waals surface area contributed by atoms with Crippen LogP contribution in [-0.4, -0.2) is 120 Å². The predicted molar refractivity (Wildman–Crippen MR) is 125 cm³/mol. The number of nitrogens with zero attached hydrogens (tertiary/aromatic N) is 5. The average Bonchev–Trinajstić information content (AvgIpc) is 3.32. The second kappa shape index (κ2) is 12.3. The summed E-state index contributed by atoms with van der Waals surface area (Å²) in [4.78, 5) is 26.5. The molecule has 3 heterocycles. The van der Waals surface area contributed by atoms with Crippen molar-refractivity contribution in [3.63, 3.8) is 0 Å². The number of piperazine rings is 2. The van der Waals surface area contributed by atoms with Crippen LogP contribution < -0.4 is 0 Å². The molecule has 1 N–H and O–H groups in total. The molecule has 3 fully saturated rings. The Labute approximate surface area is 197 Å². The standard InChI is InChI=1S/C24H41N5O4/c1-2-32-18-21(30)16-26-8-10-27(11-9-26)17-23-25-22(19-33-23)24(31)29-14-12-28(13-15-29)20-6-4-3-5-7-20/h19-21,30H,2-18H2,1H3/t21-/m1/s1. The molecule has 3 aliphatic rings. The van der Waals surface area contributed by atoms with Crippen LogP contribution in [0.25, 0.3) is 0 Å². The summed E-state index contributed by atoms with van der Waals surface area (Å²) in [6.07, 6.45) is 7.75. The van der Waals surface area contributed by atoms with Crippen LogP contribution in [0.1, 0.15) is 55.4 Å². The van der Waals surface area contributed by atoms with E-state index in [1.165, 1.54) is 38.4 Å². The van der Waals surface area contributed by atoms with Crippen molar-refractivity contribution in [2.24, 2.45) is 0 Å². The van der Waals surface area contributed by atoms with E-state index >= 15 is 0 Å². The number of aliphatic hydroxyl groups is 1. The quantitative estimate of drug-likeness (QED) is 0.586. The van der Waals surface area contributed by atoms with Crippen molar-refractivity contribution in [1.82, 2.24) is 24.6 Å². The Morgan fingerprint density at radius 1 is 1.09 bits per heavy atom. The van der Waals surface area contributed by atoms with Gasteiger partial charge in [-0.1, -0.05) is 19.3 Å². The SMILES string of the molecule is CCOC[C@H](O)CN1CCN(Cc2nc(C(=O)N3CCN(C4CCCCC4)CC3)co2)CC1. The van der Waals surface area contributed by atoms with E-state index in [9.17, 15) is 9.90 Å². The zero-order valence-electron chi connectivity index (χ0n) is 20.2. The van der Waals surface area contributed by atoms with Crippen molar-refractivity contribution < 1.29 is 19.1 Å². The Balaban J connectivity index is 1.18. The van der Waals surface area contributed by atoms with Gasteiger partial charge in [0.05, 0.1) is 19.3 Å². The maximum Gasteiger partial charge on any atom is 0.275 e. The van der Waals surface area contributed by atoms with E-state index in [1.54, 1.807) is 0 Å². The maximum atomic E-state index is 12.9. The highest BCUT2D eigenvalue weighted by molar-refractivity contribution is 5.92. The Kier molecular flexibility index (Phi) is 9.14. The van der Waals surface area contributed by atoms with Crippen LogP contribution in [0.4, 0.5) is 0 Å². The number of oxazole rings is 1. The van der Waals surface area contributed by atoms with Crippen LogP contribution in [-0.2, 0) is 11.3 Å². The van der Waals surface area contributed by atoms with E-state index in [-0.39, 0.29) is 5.91 Å². The first-order valence-corrected chi connectivity index (χ1v) is 12.8. The van der Waals surface area contributed by atoms with Gasteiger partial charge in [-0.3, -0.25) is 19.5 Å². The van der Waals surface area contributed by atoms with Crippen molar-refractivity contribution in [3.05, 3.63) is 17.8 Å². The number of β-amino-alcohol motifs (C(OH)–C–C–N with tert-alkyl or cyclic N) is 1. The van der Waals surface area contributed by atoms with Crippen molar-refractivity contribution in [2.45, 2.75) is 57.7 Å². The highest BCUT2D eigenvalue weighted by atomic mass is 16.5. The van der Waals surface area contributed by atoms with Crippen LogP contribution in [0, 0.1) is 0 Å². The van der Waals surface area contributed by atoms with Crippen LogP contribution in [0.3, 0.4) is 0 Å². The number of amides is 1. The van der Waals surface area contributed by atoms with Crippen molar-refractivity contribution in [2.75, 3.05) is 72.1 Å². The van der Waals surface area contributed by atoms with Crippen LogP contribution in [0.2, 0.25) is 0 Å². The summed E-state index contributed by atoms with van der Waals surface area (Å²) in [7, 11) is 0. The van der Waals surface area contributed by atoms with Gasteiger partial charge in [-0.15, -0.1) is 0 Å². The Hall–Kier alpha value is -1.52. The molecule has 0 aromatic carbocycles. The highest BCUT2D eigenvalue weighted by Crippen LogP contribution is 2.24. The summed E-state index contributed by atoms with van der Waals surface area (Å²) in [5.74, 6) is 0.588. The molecule has 0 bridgehead atoms. The first kappa shape index (κ1) is 24.6. The minimum Gasteiger partial charge on any atom is -0.447 e. The summed E-state index contributed by atoms with van der Waals surface area (Å²) >= 11 is 0. The maximum absolute atomic E-state index is 12.9. The summed E-state index contributed by atoms with van der Waals surface area (Å²) < 4.78 is 10.9. The van der Waals surface area contributed by atoms with Crippen molar-refractivity contribution >= 4 is 5.91 Å². The van der Waals surface area contributed by atoms with Gasteiger partial charge in [0.1, 0.15) is 6.26 Å². The van der Waals surface area contributed by atoms with Gasteiger partial charge in [0.2, 0.25) is 5.89 Å². The number of carbonyl (C=O) groups excluding carboxylic acids is 1. The number of carbonyl (C=O) groups is 1. The molecule has 1 amide bonds. The fourth-order valence-corrected chi connectivity index (χ4v) is 5.31. The molecule has 0 radical (unpaired) electrons. The number of hydrogen-bond acceptors (Lipinski definition) is 8. The van der Waals surface area contributed by atoms with Gasteiger partial charge in [-0.25, -0.2) is 4.98 Å². The Morgan fingerprint density at radius 3 is 2.48 bits per heavy atom. The van der Waals surface area contributed by atoms with E-state index in [0.717, 1.165) is 52.4 Å². The van der Waals surface area contributed by atoms with Gasteiger partial charge in [-0.2, -0.15) is 0 Å². The number of hydrogen-bond donors (Lipinski definition) is 1. The first-order valence-electron chi connectivity index (χ1n) is 12.8. The van der Waals surface area contributed by atoms with E-state index in [4.69, 9.17) is 9.15 Å². The van der Waals surface area contributed by atoms with Crippen molar-refractivity contribution in [3.8, 4) is 0 Å². The van der Waals surface area contributed by atoms with E-state index in [1.807, 2.05) is 11.8 Å². The number of rotatable bonds is 9. The molecule has 33 heavy (non-hydrogen) atoms. The average molecular weight is 464 g/mol. The van der Waals surface area contributed by atoms with E-state index in [2.05, 4.69) is 19.7 Å². The summed E-state index contributed by atoms with van der Waals surface area (Å²) in [5, 5.41) is 10.0. The lowest BCUT2D eigenvalue weighted by atomic mass is 9.94. The first-order chi connectivity index (χ1) is 16.1. The molecule has 1 atom stereocenters. The lowest BCUT2D eigenvalue weighted by Gasteiger charge is -2.40. The summed E-state index contributed by atoms with van der Waals surface area (Å²) in [6, 6.07) is 0.711. The molecule has 1 aromatic rings. The van der Waals surface area contributed by atoms with Gasteiger partial charge in [0.25, 0.3) is 5.91 Å². The molecule has 0 unspecified atom stereocenters. The third-order valence-electron chi connectivity index (χ3n) is 7.27. The van der Waals surface area contributed by atoms with Crippen LogP contribution in [0.5, 0.6) is 0 Å². The van der Waals surface area contributed by atoms with Gasteiger partial charge >= 0.3 is 0 Å². The molecule has 2 aliphatic heterocycles. The van der Waals surface area contributed by atoms with Gasteiger partial charge in [-0.05, 0) is 19.8 Å². The fourth-order valence-electron chi connectivity index (χ4n) is 5.31. The molecule has 9 heteroatoms. The number of aliphatic hydroxyl groups excluding tert-OH is 1. The minimum atomic E-state index is -0.443. The van der Waals surface area contributed by atoms with Crippen molar-refractivity contribution in [1.29, 1.82) is 0 Å². The molecule has 1 saturated carbocycles. The zero-order valence-corrected chi connectivity index (χ0v) is 20.2. The van der Waals surface area contributed by atoms with Gasteiger partial charge < -0.3 is 19.2 Å². The van der Waals surface area contributed by atoms with Gasteiger partial charge in [0.15, 0.2) is 5.69 Å². The largest absolute Gasteiger partial charge is 0.447 e. The van der Waals surface area contributed by atoms with E-state index in [0.29, 0.717) is 43.9 Å². The lowest BCUT2D eigenvalue weighted by molar-refractivity contribution is 0.00948. The molecule has 1 aromatic heterocycles. The molecule has 4 rings (SSSR count). The molecular formula is C24H41N5O4. The minimum absolute atomic E-state index is 0.0126. The van der Waals surface area contributed by atoms with E-state index < -0.39 is 6.10 Å². The molecule has 0 spiro atoms. The molecule has 9 nitrogen and oxygen atoms in total. The monoisotopic (exact) mass is 463 g/mol. The third-order valence-corrected chi connectivity index (χ3v) is 7.27. The third kappa shape index (κ3) is 6.99. The molecule has 1 aliphatic carbocycles. The van der Waals surface area contributed by atoms with Gasteiger partial charge in [0, 0.05) is 71.6 Å². The van der Waals surface area contributed by atoms with Crippen LogP contribution >= 0.6 is 0 Å². The Bertz CT molecular complexity index is 722. The Morgan fingerprint density at radius 2 is 1.79 bits per heavy atom. The molecular weight excluding hydrogens is 422 g/mol. The predicted octanol–water partition coefficient (Wildman–Crippen LogP) is 1.28. The number of aromatic nitrogens is 1. The second-order valence-electron chi connectivity index (χ2n) is 9.64. The summed E-state index contributed by atoms with van der Waals surface area (Å²) in [5.41, 5.74) is 0.425. The highest BCUT2D eigenvalue weighted by Gasteiger charge is 2.29. The summed E-state index contributed by atoms with van der Waals surface area (Å²) in [6.45, 7) is 11.2.